The standard InChI is InChI=1S/C19H28O3/c1-4-6-12(2)9-14(20)7-5-8-15-16-10-13(3)19(22)17(16)11-18(15)21/h4-6,8,12,14-18,20-21H,3,7,9-11H2,1-2H3/b6-4+,8-5?/t12?,14?,15-,16-,17-,18+/m0/s1. The Hall–Kier alpha value is -1.19. The van der Waals surface area contributed by atoms with Gasteiger partial charge in [0.1, 0.15) is 0 Å². The largest absolute Gasteiger partial charge is 0.393 e. The van der Waals surface area contributed by atoms with Gasteiger partial charge in [0.2, 0.25) is 0 Å². The molecule has 0 saturated heterocycles. The lowest BCUT2D eigenvalue weighted by Gasteiger charge is -2.17. The van der Waals surface area contributed by atoms with Crippen molar-refractivity contribution in [2.24, 2.45) is 23.7 Å². The molecule has 22 heavy (non-hydrogen) atoms. The zero-order valence-electron chi connectivity index (χ0n) is 13.6. The van der Waals surface area contributed by atoms with Crippen LogP contribution < -0.4 is 0 Å². The Morgan fingerprint density at radius 1 is 1.45 bits per heavy atom. The molecule has 2 N–H and O–H groups in total. The highest BCUT2D eigenvalue weighted by Crippen LogP contribution is 2.48. The van der Waals surface area contributed by atoms with Crippen LogP contribution in [0.2, 0.25) is 0 Å². The van der Waals surface area contributed by atoms with E-state index < -0.39 is 6.10 Å². The Labute approximate surface area is 133 Å². The van der Waals surface area contributed by atoms with Gasteiger partial charge in [-0.2, -0.15) is 0 Å². The van der Waals surface area contributed by atoms with E-state index in [0.29, 0.717) is 30.8 Å². The molecule has 0 spiro atoms. The molecule has 0 bridgehead atoms. The topological polar surface area (TPSA) is 57.5 Å². The van der Waals surface area contributed by atoms with Crippen molar-refractivity contribution in [1.29, 1.82) is 0 Å². The number of hydrogen-bond acceptors (Lipinski definition) is 3. The number of rotatable bonds is 6. The van der Waals surface area contributed by atoms with Crippen molar-refractivity contribution >= 4 is 5.78 Å². The molecule has 2 fully saturated rings. The van der Waals surface area contributed by atoms with Gasteiger partial charge >= 0.3 is 0 Å². The van der Waals surface area contributed by atoms with E-state index >= 15 is 0 Å². The van der Waals surface area contributed by atoms with Gasteiger partial charge in [-0.15, -0.1) is 0 Å². The van der Waals surface area contributed by atoms with Gasteiger partial charge in [0, 0.05) is 11.8 Å². The number of aliphatic hydroxyl groups is 2. The predicted octanol–water partition coefficient (Wildman–Crippen LogP) is 3.04. The normalized spacial score (nSPS) is 34.7. The minimum Gasteiger partial charge on any atom is -0.393 e. The molecule has 2 unspecified atom stereocenters. The molecule has 122 valence electrons. The molecular weight excluding hydrogens is 276 g/mol. The van der Waals surface area contributed by atoms with Crippen LogP contribution in [0.25, 0.3) is 0 Å². The average Bonchev–Trinajstić information content (AvgIpc) is 2.88. The van der Waals surface area contributed by atoms with Crippen LogP contribution in [0.4, 0.5) is 0 Å². The Kier molecular flexibility index (Phi) is 5.76. The fourth-order valence-corrected chi connectivity index (χ4v) is 3.97. The maximum Gasteiger partial charge on any atom is 0.161 e. The molecule has 0 aromatic rings. The van der Waals surface area contributed by atoms with Gasteiger partial charge in [-0.05, 0) is 50.0 Å². The maximum absolute atomic E-state index is 12.0. The number of ketones is 1. The Balaban J connectivity index is 1.87. The molecule has 6 atom stereocenters. The molecule has 3 nitrogen and oxygen atoms in total. The Bertz CT molecular complexity index is 477. The fraction of sp³-hybridized carbons (Fsp3) is 0.632. The number of carbonyl (C=O) groups is 1. The second-order valence-electron chi connectivity index (χ2n) is 6.88. The average molecular weight is 304 g/mol. The van der Waals surface area contributed by atoms with Gasteiger partial charge in [-0.25, -0.2) is 0 Å². The van der Waals surface area contributed by atoms with E-state index in [9.17, 15) is 15.0 Å². The van der Waals surface area contributed by atoms with Crippen molar-refractivity contribution in [3.05, 3.63) is 36.5 Å². The Morgan fingerprint density at radius 2 is 2.18 bits per heavy atom. The molecule has 3 heteroatoms. The molecule has 0 amide bonds. The van der Waals surface area contributed by atoms with Crippen LogP contribution in [0.5, 0.6) is 0 Å². The predicted molar refractivity (Wildman–Crippen MR) is 88.2 cm³/mol. The lowest BCUT2D eigenvalue weighted by molar-refractivity contribution is -0.118. The number of allylic oxidation sites excluding steroid dienone is 3. The van der Waals surface area contributed by atoms with Crippen LogP contribution in [0, 0.1) is 23.7 Å². The highest BCUT2D eigenvalue weighted by Gasteiger charge is 2.49. The first-order valence-corrected chi connectivity index (χ1v) is 8.31. The van der Waals surface area contributed by atoms with Crippen LogP contribution in [0.3, 0.4) is 0 Å². The van der Waals surface area contributed by atoms with Gasteiger partial charge in [0.15, 0.2) is 5.78 Å². The third-order valence-corrected chi connectivity index (χ3v) is 5.05. The van der Waals surface area contributed by atoms with E-state index in [1.807, 2.05) is 25.2 Å². The fourth-order valence-electron chi connectivity index (χ4n) is 3.97. The summed E-state index contributed by atoms with van der Waals surface area (Å²) >= 11 is 0. The van der Waals surface area contributed by atoms with E-state index in [1.54, 1.807) is 0 Å². The van der Waals surface area contributed by atoms with Gasteiger partial charge in [0.05, 0.1) is 12.2 Å². The van der Waals surface area contributed by atoms with Crippen LogP contribution in [0.1, 0.15) is 39.5 Å². The van der Waals surface area contributed by atoms with E-state index in [2.05, 4.69) is 19.6 Å². The summed E-state index contributed by atoms with van der Waals surface area (Å²) in [7, 11) is 0. The van der Waals surface area contributed by atoms with E-state index in [-0.39, 0.29) is 29.6 Å². The summed E-state index contributed by atoms with van der Waals surface area (Å²) in [4.78, 5) is 12.0. The third-order valence-electron chi connectivity index (χ3n) is 5.05. The second-order valence-corrected chi connectivity index (χ2v) is 6.88. The highest BCUT2D eigenvalue weighted by molar-refractivity contribution is 5.99. The summed E-state index contributed by atoms with van der Waals surface area (Å²) in [6.07, 6.45) is 9.86. The van der Waals surface area contributed by atoms with Gasteiger partial charge in [0.25, 0.3) is 0 Å². The van der Waals surface area contributed by atoms with Crippen molar-refractivity contribution in [3.63, 3.8) is 0 Å². The SMILES string of the molecule is C=C1C[C@H]2[C@H](C=CCC(O)CC(C)/C=C/C)[C@H](O)C[C@@H]2C1=O. The molecule has 2 aliphatic rings. The molecule has 2 rings (SSSR count). The minimum absolute atomic E-state index is 0.0216. The van der Waals surface area contributed by atoms with E-state index in [4.69, 9.17) is 0 Å². The van der Waals surface area contributed by atoms with Crippen LogP contribution in [-0.4, -0.2) is 28.2 Å². The summed E-state index contributed by atoms with van der Waals surface area (Å²) in [6, 6.07) is 0. The molecule has 2 aliphatic carbocycles. The first-order valence-electron chi connectivity index (χ1n) is 8.31. The minimum atomic E-state index is -0.442. The van der Waals surface area contributed by atoms with Crippen LogP contribution in [-0.2, 0) is 4.79 Å². The quantitative estimate of drug-likeness (QED) is 0.586. The molecule has 0 aliphatic heterocycles. The maximum atomic E-state index is 12.0. The Morgan fingerprint density at radius 3 is 2.86 bits per heavy atom. The molecule has 0 heterocycles. The number of carbonyl (C=O) groups excluding carboxylic acids is 1. The monoisotopic (exact) mass is 304 g/mol. The molecule has 2 saturated carbocycles. The summed E-state index contributed by atoms with van der Waals surface area (Å²) < 4.78 is 0. The number of fused-ring (bicyclic) bond motifs is 1. The number of Topliss-reactive ketones (excluding diaryl/α,β-unsaturated/α-hetero) is 1. The third kappa shape index (κ3) is 3.76. The van der Waals surface area contributed by atoms with Crippen molar-refractivity contribution in [1.82, 2.24) is 0 Å². The number of hydrogen-bond donors (Lipinski definition) is 2. The van der Waals surface area contributed by atoms with Gasteiger partial charge in [-0.1, -0.05) is 37.8 Å². The molecular formula is C19H28O3. The molecule has 0 aromatic heterocycles. The van der Waals surface area contributed by atoms with Crippen LogP contribution in [0.15, 0.2) is 36.5 Å². The first-order chi connectivity index (χ1) is 10.4. The first kappa shape index (κ1) is 17.2. The van der Waals surface area contributed by atoms with E-state index in [1.165, 1.54) is 0 Å². The molecule has 0 radical (unpaired) electrons. The summed E-state index contributed by atoms with van der Waals surface area (Å²) in [5, 5.41) is 20.2. The highest BCUT2D eigenvalue weighted by atomic mass is 16.3. The molecule has 0 aromatic carbocycles. The lowest BCUT2D eigenvalue weighted by Crippen LogP contribution is -2.17. The zero-order chi connectivity index (χ0) is 16.3. The summed E-state index contributed by atoms with van der Waals surface area (Å²) in [5.74, 6) is 0.682. The second kappa shape index (κ2) is 7.38. The van der Waals surface area contributed by atoms with Crippen molar-refractivity contribution in [2.45, 2.75) is 51.7 Å². The van der Waals surface area contributed by atoms with Gasteiger partial charge < -0.3 is 10.2 Å². The van der Waals surface area contributed by atoms with Gasteiger partial charge in [-0.3, -0.25) is 4.79 Å². The smallest absolute Gasteiger partial charge is 0.161 e. The van der Waals surface area contributed by atoms with Crippen molar-refractivity contribution in [2.75, 3.05) is 0 Å². The lowest BCUT2D eigenvalue weighted by atomic mass is 9.90. The van der Waals surface area contributed by atoms with Crippen molar-refractivity contribution in [3.8, 4) is 0 Å². The van der Waals surface area contributed by atoms with E-state index in [0.717, 1.165) is 6.42 Å². The summed E-state index contributed by atoms with van der Waals surface area (Å²) in [6.45, 7) is 7.91. The summed E-state index contributed by atoms with van der Waals surface area (Å²) in [5.41, 5.74) is 0.709. The number of aliphatic hydroxyl groups excluding tert-OH is 2. The van der Waals surface area contributed by atoms with Crippen LogP contribution >= 0.6 is 0 Å². The zero-order valence-corrected chi connectivity index (χ0v) is 13.6. The van der Waals surface area contributed by atoms with Crippen molar-refractivity contribution < 1.29 is 15.0 Å².